The summed E-state index contributed by atoms with van der Waals surface area (Å²) in [5, 5.41) is 3.61. The Morgan fingerprint density at radius 3 is 2.88 bits per heavy atom. The lowest BCUT2D eigenvalue weighted by Crippen LogP contribution is -2.28. The van der Waals surface area contributed by atoms with Crippen molar-refractivity contribution in [3.05, 3.63) is 30.1 Å². The van der Waals surface area contributed by atoms with Gasteiger partial charge in [0.05, 0.1) is 0 Å². The van der Waals surface area contributed by atoms with Crippen LogP contribution in [0.3, 0.4) is 0 Å². The third kappa shape index (κ3) is 4.47. The molecule has 1 aromatic rings. The van der Waals surface area contributed by atoms with Crippen molar-refractivity contribution in [3.8, 4) is 0 Å². The molecule has 2 heteroatoms. The fraction of sp³-hybridized carbons (Fsp3) is 0.667. The van der Waals surface area contributed by atoms with Gasteiger partial charge in [0.25, 0.3) is 0 Å². The highest BCUT2D eigenvalue weighted by molar-refractivity contribution is 5.07. The van der Waals surface area contributed by atoms with E-state index in [0.29, 0.717) is 6.04 Å². The van der Waals surface area contributed by atoms with Crippen molar-refractivity contribution in [2.45, 2.75) is 58.0 Å². The minimum atomic E-state index is 0.623. The predicted molar refractivity (Wildman–Crippen MR) is 71.7 cm³/mol. The third-order valence-corrected chi connectivity index (χ3v) is 3.79. The van der Waals surface area contributed by atoms with Gasteiger partial charge in [-0.2, -0.15) is 0 Å². The highest BCUT2D eigenvalue weighted by Gasteiger charge is 2.15. The summed E-state index contributed by atoms with van der Waals surface area (Å²) in [6.07, 6.45) is 12.3. The summed E-state index contributed by atoms with van der Waals surface area (Å²) < 4.78 is 0. The number of aromatic nitrogens is 1. The molecule has 1 saturated carbocycles. The van der Waals surface area contributed by atoms with Gasteiger partial charge in [0.2, 0.25) is 0 Å². The van der Waals surface area contributed by atoms with Gasteiger partial charge in [-0.15, -0.1) is 0 Å². The van der Waals surface area contributed by atoms with Gasteiger partial charge in [-0.3, -0.25) is 4.98 Å². The Morgan fingerprint density at radius 1 is 1.35 bits per heavy atom. The number of nitrogens with one attached hydrogen (secondary N) is 1. The van der Waals surface area contributed by atoms with Crippen molar-refractivity contribution in [2.24, 2.45) is 5.92 Å². The van der Waals surface area contributed by atoms with Crippen LogP contribution in [0.2, 0.25) is 0 Å². The first-order valence-electron chi connectivity index (χ1n) is 6.97. The summed E-state index contributed by atoms with van der Waals surface area (Å²) in [5.74, 6) is 0.958. The molecule has 0 radical (unpaired) electrons. The minimum Gasteiger partial charge on any atom is -0.310 e. The van der Waals surface area contributed by atoms with E-state index in [1.54, 1.807) is 0 Å². The minimum absolute atomic E-state index is 0.623. The molecule has 1 unspecified atom stereocenters. The number of pyridine rings is 1. The maximum Gasteiger partial charge on any atom is 0.0312 e. The van der Waals surface area contributed by atoms with Gasteiger partial charge in [-0.1, -0.05) is 38.2 Å². The summed E-state index contributed by atoms with van der Waals surface area (Å²) in [4.78, 5) is 4.14. The highest BCUT2D eigenvalue weighted by Crippen LogP contribution is 2.27. The van der Waals surface area contributed by atoms with E-state index in [2.05, 4.69) is 23.3 Å². The van der Waals surface area contributed by atoms with E-state index >= 15 is 0 Å². The Balaban J connectivity index is 1.68. The van der Waals surface area contributed by atoms with Crippen molar-refractivity contribution in [1.29, 1.82) is 0 Å². The van der Waals surface area contributed by atoms with Crippen molar-refractivity contribution < 1.29 is 0 Å². The SMILES string of the molecule is CC(CC1CCCCC1)NCc1cccnc1. The van der Waals surface area contributed by atoms with Gasteiger partial charge in [-0.05, 0) is 30.9 Å². The lowest BCUT2D eigenvalue weighted by molar-refractivity contribution is 0.304. The van der Waals surface area contributed by atoms with Crippen molar-refractivity contribution >= 4 is 0 Å². The molecule has 1 aliphatic carbocycles. The zero-order valence-corrected chi connectivity index (χ0v) is 10.9. The van der Waals surface area contributed by atoms with E-state index in [1.165, 1.54) is 44.1 Å². The molecule has 0 saturated heterocycles. The van der Waals surface area contributed by atoms with Gasteiger partial charge in [0, 0.05) is 25.0 Å². The molecule has 94 valence electrons. The normalized spacial score (nSPS) is 19.1. The zero-order valence-electron chi connectivity index (χ0n) is 10.9. The molecule has 0 amide bonds. The number of nitrogens with zero attached hydrogens (tertiary/aromatic N) is 1. The summed E-state index contributed by atoms with van der Waals surface area (Å²) in [6.45, 7) is 3.26. The maximum atomic E-state index is 4.14. The average Bonchev–Trinajstić information content (AvgIpc) is 2.39. The molecule has 0 spiro atoms. The topological polar surface area (TPSA) is 24.9 Å². The Hall–Kier alpha value is -0.890. The maximum absolute atomic E-state index is 4.14. The molecule has 1 aliphatic rings. The Labute approximate surface area is 105 Å². The number of rotatable bonds is 5. The van der Waals surface area contributed by atoms with Crippen LogP contribution in [0.5, 0.6) is 0 Å². The second-order valence-electron chi connectivity index (χ2n) is 5.38. The van der Waals surface area contributed by atoms with Crippen LogP contribution in [-0.2, 0) is 6.54 Å². The van der Waals surface area contributed by atoms with Crippen LogP contribution >= 0.6 is 0 Å². The first kappa shape index (κ1) is 12.6. The van der Waals surface area contributed by atoms with E-state index in [-0.39, 0.29) is 0 Å². The Morgan fingerprint density at radius 2 is 2.18 bits per heavy atom. The summed E-state index contributed by atoms with van der Waals surface area (Å²) in [6, 6.07) is 4.76. The quantitative estimate of drug-likeness (QED) is 0.840. The number of hydrogen-bond acceptors (Lipinski definition) is 2. The molecule has 1 heterocycles. The van der Waals surface area contributed by atoms with E-state index in [0.717, 1.165) is 12.5 Å². The van der Waals surface area contributed by atoms with Crippen molar-refractivity contribution in [2.75, 3.05) is 0 Å². The molecule has 2 nitrogen and oxygen atoms in total. The van der Waals surface area contributed by atoms with E-state index in [4.69, 9.17) is 0 Å². The molecule has 17 heavy (non-hydrogen) atoms. The Kier molecular flexibility index (Phi) is 4.99. The third-order valence-electron chi connectivity index (χ3n) is 3.79. The van der Waals surface area contributed by atoms with Crippen molar-refractivity contribution in [3.63, 3.8) is 0 Å². The molecular weight excluding hydrogens is 208 g/mol. The molecule has 0 bridgehead atoms. The van der Waals surface area contributed by atoms with Crippen molar-refractivity contribution in [1.82, 2.24) is 10.3 Å². The smallest absolute Gasteiger partial charge is 0.0312 e. The van der Waals surface area contributed by atoms with E-state index in [9.17, 15) is 0 Å². The van der Waals surface area contributed by atoms with Crippen LogP contribution in [-0.4, -0.2) is 11.0 Å². The predicted octanol–water partition coefficient (Wildman–Crippen LogP) is 3.53. The van der Waals surface area contributed by atoms with Crippen LogP contribution in [0.25, 0.3) is 0 Å². The monoisotopic (exact) mass is 232 g/mol. The standard InChI is InChI=1S/C15H24N2/c1-13(10-14-6-3-2-4-7-14)17-12-15-8-5-9-16-11-15/h5,8-9,11,13-14,17H,2-4,6-7,10,12H2,1H3. The first-order valence-corrected chi connectivity index (χ1v) is 6.97. The fourth-order valence-corrected chi connectivity index (χ4v) is 2.80. The lowest BCUT2D eigenvalue weighted by atomic mass is 9.85. The van der Waals surface area contributed by atoms with Crippen LogP contribution in [0, 0.1) is 5.92 Å². The summed E-state index contributed by atoms with van der Waals surface area (Å²) in [5.41, 5.74) is 1.28. The first-order chi connectivity index (χ1) is 8.34. The van der Waals surface area contributed by atoms with E-state index in [1.807, 2.05) is 18.5 Å². The second-order valence-corrected chi connectivity index (χ2v) is 5.38. The lowest BCUT2D eigenvalue weighted by Gasteiger charge is -2.25. The Bertz CT molecular complexity index is 304. The number of hydrogen-bond donors (Lipinski definition) is 1. The molecule has 0 aromatic carbocycles. The average molecular weight is 232 g/mol. The molecule has 0 aliphatic heterocycles. The molecule has 1 aromatic heterocycles. The van der Waals surface area contributed by atoms with E-state index < -0.39 is 0 Å². The fourth-order valence-electron chi connectivity index (χ4n) is 2.80. The highest BCUT2D eigenvalue weighted by atomic mass is 14.9. The van der Waals surface area contributed by atoms with Gasteiger partial charge >= 0.3 is 0 Å². The molecule has 1 atom stereocenters. The van der Waals surface area contributed by atoms with Gasteiger partial charge in [0.15, 0.2) is 0 Å². The van der Waals surface area contributed by atoms with Crippen LogP contribution < -0.4 is 5.32 Å². The zero-order chi connectivity index (χ0) is 11.9. The molecule has 1 fully saturated rings. The molecular formula is C15H24N2. The van der Waals surface area contributed by atoms with Crippen LogP contribution in [0.1, 0.15) is 51.0 Å². The van der Waals surface area contributed by atoms with Gasteiger partial charge < -0.3 is 5.32 Å². The second kappa shape index (κ2) is 6.75. The van der Waals surface area contributed by atoms with Crippen LogP contribution in [0.15, 0.2) is 24.5 Å². The summed E-state index contributed by atoms with van der Waals surface area (Å²) in [7, 11) is 0. The van der Waals surface area contributed by atoms with Gasteiger partial charge in [0.1, 0.15) is 0 Å². The summed E-state index contributed by atoms with van der Waals surface area (Å²) >= 11 is 0. The van der Waals surface area contributed by atoms with Gasteiger partial charge in [-0.25, -0.2) is 0 Å². The molecule has 2 rings (SSSR count). The van der Waals surface area contributed by atoms with Crippen LogP contribution in [0.4, 0.5) is 0 Å². The molecule has 1 N–H and O–H groups in total. The largest absolute Gasteiger partial charge is 0.310 e.